The van der Waals surface area contributed by atoms with Crippen molar-refractivity contribution in [3.8, 4) is 17.0 Å². The third-order valence-electron chi connectivity index (χ3n) is 5.18. The highest BCUT2D eigenvalue weighted by Gasteiger charge is 2.23. The maximum absolute atomic E-state index is 12.8. The zero-order valence-electron chi connectivity index (χ0n) is 15.6. The molecule has 0 atom stereocenters. The van der Waals surface area contributed by atoms with Crippen LogP contribution in [-0.4, -0.2) is 32.6 Å². The smallest absolute Gasteiger partial charge is 0.227 e. The molecule has 3 aromatic rings. The molecule has 1 aliphatic rings. The molecule has 0 radical (unpaired) electrons. The standard InChI is InChI=1S/C20H23N5O2/c1-13-23-24-18-17(22-19(26)14-7-4-3-5-8-14)11-15(12-25(13)18)16-9-6-10-21-20(16)27-2/h6,9-12,14H,3-5,7-8H2,1-2H3,(H,22,26). The van der Waals surface area contributed by atoms with Gasteiger partial charge in [-0.25, -0.2) is 4.98 Å². The number of ether oxygens (including phenoxy) is 1. The quantitative estimate of drug-likeness (QED) is 0.763. The fraction of sp³-hybridized carbons (Fsp3) is 0.400. The average molecular weight is 365 g/mol. The van der Waals surface area contributed by atoms with E-state index in [0.717, 1.165) is 42.6 Å². The molecule has 27 heavy (non-hydrogen) atoms. The van der Waals surface area contributed by atoms with Gasteiger partial charge in [0.1, 0.15) is 5.82 Å². The Morgan fingerprint density at radius 3 is 2.85 bits per heavy atom. The second kappa shape index (κ2) is 7.34. The van der Waals surface area contributed by atoms with Crippen molar-refractivity contribution in [1.82, 2.24) is 19.6 Å². The first kappa shape index (κ1) is 17.5. The van der Waals surface area contributed by atoms with Gasteiger partial charge >= 0.3 is 0 Å². The van der Waals surface area contributed by atoms with Gasteiger partial charge in [0.05, 0.1) is 12.8 Å². The first-order valence-corrected chi connectivity index (χ1v) is 9.33. The molecule has 1 amide bonds. The average Bonchev–Trinajstić information content (AvgIpc) is 3.09. The summed E-state index contributed by atoms with van der Waals surface area (Å²) in [6.07, 6.45) is 8.98. The van der Waals surface area contributed by atoms with E-state index in [4.69, 9.17) is 4.74 Å². The molecule has 4 rings (SSSR count). The van der Waals surface area contributed by atoms with Gasteiger partial charge in [-0.3, -0.25) is 9.20 Å². The molecular formula is C20H23N5O2. The number of aromatic nitrogens is 4. The van der Waals surface area contributed by atoms with Gasteiger partial charge in [0.2, 0.25) is 11.8 Å². The molecule has 1 aliphatic carbocycles. The lowest BCUT2D eigenvalue weighted by atomic mass is 9.88. The van der Waals surface area contributed by atoms with Crippen LogP contribution in [-0.2, 0) is 4.79 Å². The number of fused-ring (bicyclic) bond motifs is 1. The Morgan fingerprint density at radius 1 is 1.26 bits per heavy atom. The van der Waals surface area contributed by atoms with Gasteiger partial charge in [-0.1, -0.05) is 19.3 Å². The summed E-state index contributed by atoms with van der Waals surface area (Å²) in [6.45, 7) is 1.89. The predicted octanol–water partition coefficient (Wildman–Crippen LogP) is 3.63. The van der Waals surface area contributed by atoms with Crippen LogP contribution < -0.4 is 10.1 Å². The Bertz CT molecular complexity index is 976. The van der Waals surface area contributed by atoms with Crippen molar-refractivity contribution in [2.75, 3.05) is 12.4 Å². The SMILES string of the molecule is COc1ncccc1-c1cc(NC(=O)C2CCCCC2)c2nnc(C)n2c1. The minimum Gasteiger partial charge on any atom is -0.481 e. The third kappa shape index (κ3) is 3.37. The van der Waals surface area contributed by atoms with Crippen molar-refractivity contribution in [2.45, 2.75) is 39.0 Å². The van der Waals surface area contributed by atoms with E-state index in [0.29, 0.717) is 17.2 Å². The van der Waals surface area contributed by atoms with Gasteiger partial charge in [-0.05, 0) is 38.0 Å². The van der Waals surface area contributed by atoms with E-state index in [2.05, 4.69) is 20.5 Å². The Balaban J connectivity index is 1.76. The Hall–Kier alpha value is -2.96. The third-order valence-corrected chi connectivity index (χ3v) is 5.18. The summed E-state index contributed by atoms with van der Waals surface area (Å²) >= 11 is 0. The van der Waals surface area contributed by atoms with Crippen LogP contribution in [0, 0.1) is 12.8 Å². The molecule has 0 bridgehead atoms. The molecular weight excluding hydrogens is 342 g/mol. The summed E-state index contributed by atoms with van der Waals surface area (Å²) in [7, 11) is 1.60. The lowest BCUT2D eigenvalue weighted by molar-refractivity contribution is -0.120. The first-order chi connectivity index (χ1) is 13.2. The van der Waals surface area contributed by atoms with Crippen molar-refractivity contribution < 1.29 is 9.53 Å². The van der Waals surface area contributed by atoms with Gasteiger partial charge in [0.15, 0.2) is 5.65 Å². The molecule has 0 spiro atoms. The number of nitrogens with one attached hydrogen (secondary N) is 1. The largest absolute Gasteiger partial charge is 0.481 e. The predicted molar refractivity (Wildman–Crippen MR) is 103 cm³/mol. The van der Waals surface area contributed by atoms with E-state index in [1.54, 1.807) is 13.3 Å². The monoisotopic (exact) mass is 365 g/mol. The molecule has 7 nitrogen and oxygen atoms in total. The van der Waals surface area contributed by atoms with Crippen LogP contribution in [0.25, 0.3) is 16.8 Å². The fourth-order valence-electron chi connectivity index (χ4n) is 3.72. The van der Waals surface area contributed by atoms with Gasteiger partial charge in [-0.15, -0.1) is 10.2 Å². The van der Waals surface area contributed by atoms with Gasteiger partial charge in [0.25, 0.3) is 0 Å². The van der Waals surface area contributed by atoms with E-state index in [1.165, 1.54) is 6.42 Å². The lowest BCUT2D eigenvalue weighted by Crippen LogP contribution is -2.25. The molecule has 1 N–H and O–H groups in total. The maximum atomic E-state index is 12.8. The summed E-state index contributed by atoms with van der Waals surface area (Å²) < 4.78 is 7.29. The number of methoxy groups -OCH3 is 1. The Morgan fingerprint density at radius 2 is 2.07 bits per heavy atom. The Kier molecular flexibility index (Phi) is 4.75. The molecule has 140 valence electrons. The number of anilines is 1. The lowest BCUT2D eigenvalue weighted by Gasteiger charge is -2.21. The normalized spacial score (nSPS) is 15.0. The molecule has 7 heteroatoms. The molecule has 3 aromatic heterocycles. The van der Waals surface area contributed by atoms with E-state index in [-0.39, 0.29) is 11.8 Å². The summed E-state index contributed by atoms with van der Waals surface area (Å²) in [4.78, 5) is 17.1. The number of aryl methyl sites for hydroxylation is 1. The van der Waals surface area contributed by atoms with Gasteiger partial charge < -0.3 is 10.1 Å². The van der Waals surface area contributed by atoms with Crippen LogP contribution in [0.1, 0.15) is 37.9 Å². The van der Waals surface area contributed by atoms with E-state index in [1.807, 2.05) is 35.7 Å². The fourth-order valence-corrected chi connectivity index (χ4v) is 3.72. The number of carbonyl (C=O) groups excluding carboxylic acids is 1. The Labute approximate surface area is 157 Å². The van der Waals surface area contributed by atoms with Crippen molar-refractivity contribution in [1.29, 1.82) is 0 Å². The number of hydrogen-bond acceptors (Lipinski definition) is 5. The number of carbonyl (C=O) groups is 1. The summed E-state index contributed by atoms with van der Waals surface area (Å²) in [5.41, 5.74) is 3.04. The van der Waals surface area contributed by atoms with Crippen LogP contribution in [0.5, 0.6) is 5.88 Å². The van der Waals surface area contributed by atoms with Crippen molar-refractivity contribution in [3.63, 3.8) is 0 Å². The van der Waals surface area contributed by atoms with E-state index in [9.17, 15) is 4.79 Å². The number of rotatable bonds is 4. The molecule has 1 saturated carbocycles. The number of nitrogens with zero attached hydrogens (tertiary/aromatic N) is 4. The maximum Gasteiger partial charge on any atom is 0.227 e. The van der Waals surface area contributed by atoms with Gasteiger partial charge in [-0.2, -0.15) is 0 Å². The minimum absolute atomic E-state index is 0.0626. The zero-order chi connectivity index (χ0) is 18.8. The van der Waals surface area contributed by atoms with Crippen molar-refractivity contribution >= 4 is 17.2 Å². The van der Waals surface area contributed by atoms with Crippen molar-refractivity contribution in [2.24, 2.45) is 5.92 Å². The molecule has 1 fully saturated rings. The number of pyridine rings is 2. The zero-order valence-corrected chi connectivity index (χ0v) is 15.6. The molecule has 0 aromatic carbocycles. The minimum atomic E-state index is 0.0626. The number of hydrogen-bond donors (Lipinski definition) is 1. The van der Waals surface area contributed by atoms with Crippen LogP contribution in [0.4, 0.5) is 5.69 Å². The summed E-state index contributed by atoms with van der Waals surface area (Å²) in [5.74, 6) is 1.42. The molecule has 0 saturated heterocycles. The van der Waals surface area contributed by atoms with Crippen LogP contribution in [0.15, 0.2) is 30.6 Å². The van der Waals surface area contributed by atoms with Gasteiger partial charge in [0, 0.05) is 29.4 Å². The van der Waals surface area contributed by atoms with Crippen molar-refractivity contribution in [3.05, 3.63) is 36.4 Å². The molecule has 0 aliphatic heterocycles. The van der Waals surface area contributed by atoms with E-state index < -0.39 is 0 Å². The summed E-state index contributed by atoms with van der Waals surface area (Å²) in [5, 5.41) is 11.5. The van der Waals surface area contributed by atoms with Crippen LogP contribution >= 0.6 is 0 Å². The first-order valence-electron chi connectivity index (χ1n) is 9.33. The molecule has 3 heterocycles. The van der Waals surface area contributed by atoms with Crippen LogP contribution in [0.2, 0.25) is 0 Å². The summed E-state index contributed by atoms with van der Waals surface area (Å²) in [6, 6.07) is 5.73. The highest BCUT2D eigenvalue weighted by Crippen LogP contribution is 2.32. The number of amides is 1. The highest BCUT2D eigenvalue weighted by molar-refractivity contribution is 5.96. The second-order valence-corrected chi connectivity index (χ2v) is 6.97. The highest BCUT2D eigenvalue weighted by atomic mass is 16.5. The second-order valence-electron chi connectivity index (χ2n) is 6.97. The topological polar surface area (TPSA) is 81.4 Å². The molecule has 0 unspecified atom stereocenters. The van der Waals surface area contributed by atoms with Crippen LogP contribution in [0.3, 0.4) is 0 Å². The van der Waals surface area contributed by atoms with E-state index >= 15 is 0 Å².